The van der Waals surface area contributed by atoms with Gasteiger partial charge in [-0.05, 0) is 24.3 Å². The van der Waals surface area contributed by atoms with E-state index >= 15 is 0 Å². The number of hydrogen-bond donors (Lipinski definition) is 2. The van der Waals surface area contributed by atoms with E-state index in [0.717, 1.165) is 4.90 Å². The predicted octanol–water partition coefficient (Wildman–Crippen LogP) is 1.57. The largest absolute Gasteiger partial charge is 0.350 e. The Hall–Kier alpha value is -1.56. The predicted molar refractivity (Wildman–Crippen MR) is 58.3 cm³/mol. The Balaban J connectivity index is 2.28. The summed E-state index contributed by atoms with van der Waals surface area (Å²) in [5.74, 6) is 0.315. The summed E-state index contributed by atoms with van der Waals surface area (Å²) in [5.41, 5.74) is 6.87. The molecule has 0 fully saturated rings. The van der Waals surface area contributed by atoms with E-state index in [2.05, 4.69) is 10.5 Å². The molecule has 0 aliphatic rings. The third-order valence-electron chi connectivity index (χ3n) is 1.40. The molecule has 2 amide bonds. The highest BCUT2D eigenvalue weighted by molar-refractivity contribution is 7.99. The second-order valence-electron chi connectivity index (χ2n) is 2.55. The van der Waals surface area contributed by atoms with Gasteiger partial charge in [-0.15, -0.1) is 11.8 Å². The Bertz CT molecular complexity index is 353. The van der Waals surface area contributed by atoms with Gasteiger partial charge in [0.25, 0.3) is 0 Å². The lowest BCUT2D eigenvalue weighted by Crippen LogP contribution is -2.24. The summed E-state index contributed by atoms with van der Waals surface area (Å²) in [6.07, 6.45) is 1.51. The number of benzene rings is 1. The van der Waals surface area contributed by atoms with Crippen LogP contribution in [0.15, 0.2) is 34.3 Å². The topological polar surface area (TPSA) is 67.5 Å². The van der Waals surface area contributed by atoms with Crippen molar-refractivity contribution < 1.29 is 9.18 Å². The smallest absolute Gasteiger partial charge is 0.332 e. The average Bonchev–Trinajstić information content (AvgIpc) is 2.20. The second kappa shape index (κ2) is 6.02. The lowest BCUT2D eigenvalue weighted by Gasteiger charge is -1.96. The molecule has 1 rings (SSSR count). The first-order chi connectivity index (χ1) is 7.18. The molecule has 1 aromatic rings. The number of rotatable bonds is 4. The minimum absolute atomic E-state index is 0.261. The number of nitrogens with one attached hydrogen (secondary N) is 1. The van der Waals surface area contributed by atoms with Gasteiger partial charge in [0.1, 0.15) is 5.82 Å². The zero-order valence-electron chi connectivity index (χ0n) is 7.81. The number of hydrogen-bond acceptors (Lipinski definition) is 3. The number of nitrogens with zero attached hydrogens (tertiary/aromatic N) is 1. The molecule has 0 unspecified atom stereocenters. The number of nitrogens with two attached hydrogens (primary N) is 1. The zero-order chi connectivity index (χ0) is 11.1. The van der Waals surface area contributed by atoms with E-state index in [1.165, 1.54) is 30.1 Å². The van der Waals surface area contributed by atoms with Gasteiger partial charge in [0.15, 0.2) is 0 Å². The van der Waals surface area contributed by atoms with Crippen LogP contribution in [0.2, 0.25) is 0 Å². The first-order valence-corrected chi connectivity index (χ1v) is 5.12. The van der Waals surface area contributed by atoms with Crippen LogP contribution in [0.4, 0.5) is 9.18 Å². The van der Waals surface area contributed by atoms with Crippen molar-refractivity contribution in [2.75, 3.05) is 5.75 Å². The highest BCUT2D eigenvalue weighted by atomic mass is 32.2. The van der Waals surface area contributed by atoms with Crippen LogP contribution in [0, 0.1) is 5.82 Å². The second-order valence-corrected chi connectivity index (χ2v) is 3.65. The van der Waals surface area contributed by atoms with Gasteiger partial charge in [0, 0.05) is 16.9 Å². The van der Waals surface area contributed by atoms with Crippen molar-refractivity contribution in [3.05, 3.63) is 30.1 Å². The number of halogens is 1. The molecule has 0 spiro atoms. The Morgan fingerprint density at radius 1 is 1.53 bits per heavy atom. The molecule has 80 valence electrons. The molecular formula is C9H10FN3OS. The molecule has 0 saturated carbocycles. The van der Waals surface area contributed by atoms with Crippen LogP contribution in [0.25, 0.3) is 0 Å². The number of urea groups is 1. The van der Waals surface area contributed by atoms with Crippen LogP contribution in [0.5, 0.6) is 0 Å². The maximum Gasteiger partial charge on any atom is 0.332 e. The summed E-state index contributed by atoms with van der Waals surface area (Å²) in [6.45, 7) is 0. The summed E-state index contributed by atoms with van der Waals surface area (Å²) < 4.78 is 12.5. The van der Waals surface area contributed by atoms with Crippen LogP contribution in [0.1, 0.15) is 0 Å². The van der Waals surface area contributed by atoms with Crippen LogP contribution >= 0.6 is 11.8 Å². The molecule has 1 aromatic carbocycles. The van der Waals surface area contributed by atoms with Gasteiger partial charge in [-0.25, -0.2) is 14.6 Å². The van der Waals surface area contributed by atoms with Crippen molar-refractivity contribution in [3.8, 4) is 0 Å². The number of hydrazone groups is 1. The normalized spacial score (nSPS) is 10.5. The van der Waals surface area contributed by atoms with Gasteiger partial charge in [0.2, 0.25) is 0 Å². The molecule has 3 N–H and O–H groups in total. The number of carbonyl (C=O) groups excluding carboxylic acids is 1. The third-order valence-corrected chi connectivity index (χ3v) is 2.33. The number of amides is 2. The summed E-state index contributed by atoms with van der Waals surface area (Å²) in [4.78, 5) is 11.2. The fourth-order valence-corrected chi connectivity index (χ4v) is 1.48. The van der Waals surface area contributed by atoms with Gasteiger partial charge in [-0.3, -0.25) is 0 Å². The van der Waals surface area contributed by atoms with Crippen LogP contribution in [-0.4, -0.2) is 18.0 Å². The van der Waals surface area contributed by atoms with E-state index in [0.29, 0.717) is 5.75 Å². The first kappa shape index (κ1) is 11.5. The summed E-state index contributed by atoms with van der Waals surface area (Å²) in [5, 5.41) is 3.56. The molecule has 0 saturated heterocycles. The van der Waals surface area contributed by atoms with E-state index < -0.39 is 6.03 Å². The van der Waals surface area contributed by atoms with Crippen LogP contribution in [0.3, 0.4) is 0 Å². The molecule has 4 nitrogen and oxygen atoms in total. The van der Waals surface area contributed by atoms with Crippen LogP contribution in [-0.2, 0) is 0 Å². The average molecular weight is 227 g/mol. The summed E-state index contributed by atoms with van der Waals surface area (Å²) in [6, 6.07) is 5.44. The Morgan fingerprint density at radius 3 is 2.80 bits per heavy atom. The number of carbonyl (C=O) groups is 1. The SMILES string of the molecule is NC(=O)NN=CCSc1ccc(F)cc1. The van der Waals surface area contributed by atoms with Crippen molar-refractivity contribution in [1.29, 1.82) is 0 Å². The lowest BCUT2D eigenvalue weighted by atomic mass is 10.4. The van der Waals surface area contributed by atoms with Crippen molar-refractivity contribution in [2.45, 2.75) is 4.90 Å². The minimum atomic E-state index is -0.696. The van der Waals surface area contributed by atoms with E-state index in [4.69, 9.17) is 5.73 Å². The fraction of sp³-hybridized carbons (Fsp3) is 0.111. The highest BCUT2D eigenvalue weighted by Gasteiger charge is 1.92. The van der Waals surface area contributed by atoms with Crippen molar-refractivity contribution in [2.24, 2.45) is 10.8 Å². The van der Waals surface area contributed by atoms with Gasteiger partial charge in [-0.2, -0.15) is 5.10 Å². The molecule has 0 aliphatic carbocycles. The highest BCUT2D eigenvalue weighted by Crippen LogP contribution is 2.16. The molecule has 6 heteroatoms. The van der Waals surface area contributed by atoms with Gasteiger partial charge in [0.05, 0.1) is 0 Å². The molecule has 0 aromatic heterocycles. The quantitative estimate of drug-likeness (QED) is 0.466. The maximum absolute atomic E-state index is 12.5. The minimum Gasteiger partial charge on any atom is -0.350 e. The van der Waals surface area contributed by atoms with Crippen LogP contribution < -0.4 is 11.2 Å². The molecule has 0 heterocycles. The molecule has 0 bridgehead atoms. The van der Waals surface area contributed by atoms with E-state index in [-0.39, 0.29) is 5.82 Å². The molecule has 15 heavy (non-hydrogen) atoms. The van der Waals surface area contributed by atoms with Gasteiger partial charge >= 0.3 is 6.03 Å². The van der Waals surface area contributed by atoms with Gasteiger partial charge in [-0.1, -0.05) is 0 Å². The standard InChI is InChI=1S/C9H10FN3OS/c10-7-1-3-8(4-2-7)15-6-5-12-13-9(11)14/h1-5H,6H2,(H3,11,13,14). The Labute approximate surface area is 90.7 Å². The molecule has 0 radical (unpaired) electrons. The first-order valence-electron chi connectivity index (χ1n) is 4.14. The Kier molecular flexibility index (Phi) is 4.62. The van der Waals surface area contributed by atoms with E-state index in [1.807, 2.05) is 0 Å². The third kappa shape index (κ3) is 5.02. The molecule has 0 atom stereocenters. The summed E-state index contributed by atoms with van der Waals surface area (Å²) >= 11 is 1.47. The molecular weight excluding hydrogens is 217 g/mol. The van der Waals surface area contributed by atoms with Crippen molar-refractivity contribution >= 4 is 24.0 Å². The number of thioether (sulfide) groups is 1. The summed E-state index contributed by atoms with van der Waals surface area (Å²) in [7, 11) is 0. The van der Waals surface area contributed by atoms with Crippen molar-refractivity contribution in [3.63, 3.8) is 0 Å². The van der Waals surface area contributed by atoms with Gasteiger partial charge < -0.3 is 5.73 Å². The monoisotopic (exact) mass is 227 g/mol. The number of primary amides is 1. The van der Waals surface area contributed by atoms with E-state index in [9.17, 15) is 9.18 Å². The lowest BCUT2D eigenvalue weighted by molar-refractivity contribution is 0.249. The zero-order valence-corrected chi connectivity index (χ0v) is 8.63. The van der Waals surface area contributed by atoms with Crippen molar-refractivity contribution in [1.82, 2.24) is 5.43 Å². The fourth-order valence-electron chi connectivity index (χ4n) is 0.811. The maximum atomic E-state index is 12.5. The molecule has 0 aliphatic heterocycles. The Morgan fingerprint density at radius 2 is 2.20 bits per heavy atom. The van der Waals surface area contributed by atoms with E-state index in [1.54, 1.807) is 12.1 Å².